The number of halogens is 1. The van der Waals surface area contributed by atoms with Crippen molar-refractivity contribution in [3.63, 3.8) is 0 Å². The van der Waals surface area contributed by atoms with Crippen molar-refractivity contribution in [1.82, 2.24) is 4.98 Å². The first-order chi connectivity index (χ1) is 8.24. The van der Waals surface area contributed by atoms with Crippen LogP contribution < -0.4 is 4.74 Å². The first-order valence-corrected chi connectivity index (χ1v) is 6.12. The zero-order valence-electron chi connectivity index (χ0n) is 9.04. The van der Waals surface area contributed by atoms with E-state index in [2.05, 4.69) is 4.98 Å². The Hall–Kier alpha value is -1.46. The number of aliphatic hydroxyl groups excluding tert-OH is 1. The van der Waals surface area contributed by atoms with E-state index in [9.17, 15) is 9.50 Å². The Labute approximate surface area is 103 Å². The Bertz CT molecular complexity index is 444. The lowest BCUT2D eigenvalue weighted by Gasteiger charge is -2.11. The van der Waals surface area contributed by atoms with E-state index >= 15 is 0 Å². The molecule has 0 radical (unpaired) electrons. The summed E-state index contributed by atoms with van der Waals surface area (Å²) in [4.78, 5) is 4.08. The molecule has 5 heteroatoms. The van der Waals surface area contributed by atoms with Crippen LogP contribution in [-0.2, 0) is 6.42 Å². The van der Waals surface area contributed by atoms with Crippen LogP contribution in [0.3, 0.4) is 0 Å². The Kier molecular flexibility index (Phi) is 4.06. The molecule has 1 N–H and O–H groups in total. The lowest BCUT2D eigenvalue weighted by atomic mass is 10.2. The minimum Gasteiger partial charge on any atom is -0.491 e. The van der Waals surface area contributed by atoms with E-state index in [0.717, 1.165) is 5.69 Å². The fourth-order valence-corrected chi connectivity index (χ4v) is 1.93. The van der Waals surface area contributed by atoms with Gasteiger partial charge in [-0.05, 0) is 24.3 Å². The maximum Gasteiger partial charge on any atom is 0.123 e. The van der Waals surface area contributed by atoms with Crippen LogP contribution in [0.25, 0.3) is 0 Å². The smallest absolute Gasteiger partial charge is 0.123 e. The Morgan fingerprint density at radius 3 is 2.76 bits per heavy atom. The number of thiazole rings is 1. The fraction of sp³-hybridized carbons (Fsp3) is 0.250. The average molecular weight is 253 g/mol. The number of aliphatic hydroxyl groups is 1. The number of hydrogen-bond donors (Lipinski definition) is 1. The van der Waals surface area contributed by atoms with Gasteiger partial charge in [0, 0.05) is 11.8 Å². The van der Waals surface area contributed by atoms with Gasteiger partial charge in [0.15, 0.2) is 0 Å². The van der Waals surface area contributed by atoms with Gasteiger partial charge in [-0.1, -0.05) is 0 Å². The molecular formula is C12H12FNO2S. The summed E-state index contributed by atoms with van der Waals surface area (Å²) < 4.78 is 18.0. The largest absolute Gasteiger partial charge is 0.491 e. The summed E-state index contributed by atoms with van der Waals surface area (Å²) in [5.74, 6) is 0.240. The van der Waals surface area contributed by atoms with E-state index in [1.165, 1.54) is 35.6 Å². The highest BCUT2D eigenvalue weighted by Gasteiger charge is 2.08. The zero-order valence-corrected chi connectivity index (χ0v) is 9.86. The number of nitrogens with zero attached hydrogens (tertiary/aromatic N) is 1. The van der Waals surface area contributed by atoms with Crippen LogP contribution in [0.5, 0.6) is 5.75 Å². The predicted molar refractivity (Wildman–Crippen MR) is 63.7 cm³/mol. The molecule has 0 saturated heterocycles. The molecule has 0 amide bonds. The van der Waals surface area contributed by atoms with E-state index in [0.29, 0.717) is 12.2 Å². The Morgan fingerprint density at radius 2 is 2.12 bits per heavy atom. The molecule has 2 aromatic rings. The summed E-state index contributed by atoms with van der Waals surface area (Å²) in [6, 6.07) is 5.71. The van der Waals surface area contributed by atoms with Crippen LogP contribution in [0.1, 0.15) is 5.69 Å². The second kappa shape index (κ2) is 5.75. The van der Waals surface area contributed by atoms with Crippen LogP contribution in [0.2, 0.25) is 0 Å². The number of rotatable bonds is 5. The number of aromatic nitrogens is 1. The molecule has 0 spiro atoms. The van der Waals surface area contributed by atoms with E-state index in [1.54, 1.807) is 5.51 Å². The molecule has 0 fully saturated rings. The SMILES string of the molecule is OC(COc1ccc(F)cc1)Cc1cscn1. The summed E-state index contributed by atoms with van der Waals surface area (Å²) >= 11 is 1.49. The standard InChI is InChI=1S/C12H12FNO2S/c13-9-1-3-12(4-2-9)16-6-11(15)5-10-7-17-8-14-10/h1-4,7-8,11,15H,5-6H2. The first-order valence-electron chi connectivity index (χ1n) is 5.17. The van der Waals surface area contributed by atoms with Gasteiger partial charge in [0.05, 0.1) is 17.3 Å². The van der Waals surface area contributed by atoms with Gasteiger partial charge < -0.3 is 9.84 Å². The summed E-state index contributed by atoms with van der Waals surface area (Å²) in [5.41, 5.74) is 2.58. The average Bonchev–Trinajstić information content (AvgIpc) is 2.81. The van der Waals surface area contributed by atoms with Crippen molar-refractivity contribution in [2.45, 2.75) is 12.5 Å². The van der Waals surface area contributed by atoms with Crippen LogP contribution >= 0.6 is 11.3 Å². The molecule has 1 heterocycles. The molecule has 1 aromatic heterocycles. The molecule has 1 unspecified atom stereocenters. The van der Waals surface area contributed by atoms with E-state index in [-0.39, 0.29) is 12.4 Å². The maximum absolute atomic E-state index is 12.6. The van der Waals surface area contributed by atoms with Crippen molar-refractivity contribution < 1.29 is 14.2 Å². The Morgan fingerprint density at radius 1 is 1.35 bits per heavy atom. The molecule has 0 bridgehead atoms. The van der Waals surface area contributed by atoms with Crippen LogP contribution in [0.15, 0.2) is 35.2 Å². The van der Waals surface area contributed by atoms with Crippen molar-refractivity contribution >= 4 is 11.3 Å². The molecule has 1 atom stereocenters. The molecule has 0 aliphatic carbocycles. The van der Waals surface area contributed by atoms with Gasteiger partial charge in [0.1, 0.15) is 18.2 Å². The van der Waals surface area contributed by atoms with Gasteiger partial charge in [-0.3, -0.25) is 0 Å². The minimum atomic E-state index is -0.609. The van der Waals surface area contributed by atoms with Crippen LogP contribution in [0.4, 0.5) is 4.39 Å². The Balaban J connectivity index is 1.79. The fourth-order valence-electron chi connectivity index (χ4n) is 1.36. The third-order valence-corrected chi connectivity index (χ3v) is 2.82. The van der Waals surface area contributed by atoms with E-state index < -0.39 is 6.10 Å². The van der Waals surface area contributed by atoms with Gasteiger partial charge in [-0.2, -0.15) is 0 Å². The van der Waals surface area contributed by atoms with E-state index in [1.807, 2.05) is 5.38 Å². The van der Waals surface area contributed by atoms with Crippen molar-refractivity contribution in [2.75, 3.05) is 6.61 Å². The second-order valence-electron chi connectivity index (χ2n) is 3.60. The zero-order chi connectivity index (χ0) is 12.1. The number of benzene rings is 1. The lowest BCUT2D eigenvalue weighted by molar-refractivity contribution is 0.107. The van der Waals surface area contributed by atoms with Gasteiger partial charge in [-0.25, -0.2) is 9.37 Å². The minimum absolute atomic E-state index is 0.170. The summed E-state index contributed by atoms with van der Waals surface area (Å²) in [6.45, 7) is 0.170. The molecule has 3 nitrogen and oxygen atoms in total. The molecule has 0 saturated carbocycles. The quantitative estimate of drug-likeness (QED) is 0.888. The molecular weight excluding hydrogens is 241 g/mol. The van der Waals surface area contributed by atoms with Gasteiger partial charge in [0.2, 0.25) is 0 Å². The third kappa shape index (κ3) is 3.80. The van der Waals surface area contributed by atoms with Crippen LogP contribution in [-0.4, -0.2) is 22.8 Å². The first kappa shape index (κ1) is 12.0. The van der Waals surface area contributed by atoms with Gasteiger partial charge in [-0.15, -0.1) is 11.3 Å². The maximum atomic E-state index is 12.6. The highest BCUT2D eigenvalue weighted by Crippen LogP contribution is 2.12. The van der Waals surface area contributed by atoms with Crippen LogP contribution in [0, 0.1) is 5.82 Å². The van der Waals surface area contributed by atoms with Crippen molar-refractivity contribution in [3.8, 4) is 5.75 Å². The normalized spacial score (nSPS) is 12.4. The number of ether oxygens (including phenoxy) is 1. The predicted octanol–water partition coefficient (Wildman–Crippen LogP) is 2.26. The lowest BCUT2D eigenvalue weighted by Crippen LogP contribution is -2.20. The molecule has 2 rings (SSSR count). The second-order valence-corrected chi connectivity index (χ2v) is 4.32. The van der Waals surface area contributed by atoms with Crippen molar-refractivity contribution in [3.05, 3.63) is 46.7 Å². The van der Waals surface area contributed by atoms with Crippen molar-refractivity contribution in [2.24, 2.45) is 0 Å². The molecule has 17 heavy (non-hydrogen) atoms. The molecule has 0 aliphatic rings. The highest BCUT2D eigenvalue weighted by molar-refractivity contribution is 7.07. The summed E-state index contributed by atoms with van der Waals surface area (Å²) in [7, 11) is 0. The highest BCUT2D eigenvalue weighted by atomic mass is 32.1. The van der Waals surface area contributed by atoms with Gasteiger partial charge in [0.25, 0.3) is 0 Å². The molecule has 0 aliphatic heterocycles. The number of hydrogen-bond acceptors (Lipinski definition) is 4. The molecule has 1 aromatic carbocycles. The summed E-state index contributed by atoms with van der Waals surface area (Å²) in [6.07, 6.45) is -0.146. The molecule has 90 valence electrons. The van der Waals surface area contributed by atoms with Gasteiger partial charge >= 0.3 is 0 Å². The van der Waals surface area contributed by atoms with E-state index in [4.69, 9.17) is 4.74 Å². The third-order valence-electron chi connectivity index (χ3n) is 2.18. The van der Waals surface area contributed by atoms with Crippen molar-refractivity contribution in [1.29, 1.82) is 0 Å². The topological polar surface area (TPSA) is 42.4 Å². The monoisotopic (exact) mass is 253 g/mol. The summed E-state index contributed by atoms with van der Waals surface area (Å²) in [5, 5.41) is 11.6.